The summed E-state index contributed by atoms with van der Waals surface area (Å²) in [7, 11) is 0. The average molecular weight is 447 g/mol. The van der Waals surface area contributed by atoms with E-state index in [1.807, 2.05) is 51.9 Å². The van der Waals surface area contributed by atoms with E-state index >= 15 is 0 Å². The Morgan fingerprint density at radius 3 is 2.66 bits per heavy atom. The smallest absolute Gasteiger partial charge is 0.242 e. The van der Waals surface area contributed by atoms with Gasteiger partial charge < -0.3 is 14.4 Å². The van der Waals surface area contributed by atoms with Gasteiger partial charge in [-0.05, 0) is 36.8 Å². The van der Waals surface area contributed by atoms with Gasteiger partial charge in [-0.1, -0.05) is 29.8 Å². The highest BCUT2D eigenvalue weighted by molar-refractivity contribution is 6.30. The number of para-hydroxylation sites is 2. The molecule has 3 heterocycles. The van der Waals surface area contributed by atoms with Crippen molar-refractivity contribution < 1.29 is 4.79 Å². The predicted molar refractivity (Wildman–Crippen MR) is 126 cm³/mol. The maximum absolute atomic E-state index is 13.3. The maximum Gasteiger partial charge on any atom is 0.242 e. The van der Waals surface area contributed by atoms with Crippen LogP contribution in [0.4, 0.5) is 5.69 Å². The van der Waals surface area contributed by atoms with Gasteiger partial charge in [-0.15, -0.1) is 0 Å². The van der Waals surface area contributed by atoms with E-state index in [0.29, 0.717) is 24.6 Å². The first kappa shape index (κ1) is 20.5. The van der Waals surface area contributed by atoms with Crippen LogP contribution >= 0.6 is 11.6 Å². The molecular formula is C24H23ClN6O. The second-order valence-electron chi connectivity index (χ2n) is 7.90. The topological polar surface area (TPSA) is 67.2 Å². The Morgan fingerprint density at radius 1 is 1.06 bits per heavy atom. The molecule has 8 heteroatoms. The highest BCUT2D eigenvalue weighted by Gasteiger charge is 2.24. The second kappa shape index (κ2) is 8.59. The zero-order valence-electron chi connectivity index (χ0n) is 17.8. The van der Waals surface area contributed by atoms with Gasteiger partial charge >= 0.3 is 0 Å². The first-order chi connectivity index (χ1) is 15.6. The Morgan fingerprint density at radius 2 is 1.88 bits per heavy atom. The summed E-state index contributed by atoms with van der Waals surface area (Å²) in [5, 5.41) is 0.729. The molecule has 0 unspecified atom stereocenters. The molecule has 0 atom stereocenters. The third-order valence-electron chi connectivity index (χ3n) is 5.88. The summed E-state index contributed by atoms with van der Waals surface area (Å²) in [5.74, 6) is 0.724. The van der Waals surface area contributed by atoms with Crippen LogP contribution < -0.4 is 4.90 Å². The number of piperazine rings is 1. The molecule has 1 amide bonds. The van der Waals surface area contributed by atoms with Gasteiger partial charge in [0, 0.05) is 49.3 Å². The van der Waals surface area contributed by atoms with Crippen LogP contribution in [0, 0.1) is 6.92 Å². The minimum Gasteiger partial charge on any atom is -0.368 e. The molecular weight excluding hydrogens is 424 g/mol. The number of halogens is 1. The van der Waals surface area contributed by atoms with Crippen molar-refractivity contribution in [3.05, 3.63) is 71.6 Å². The summed E-state index contributed by atoms with van der Waals surface area (Å²) in [6.45, 7) is 5.17. The van der Waals surface area contributed by atoms with Crippen LogP contribution in [-0.2, 0) is 11.3 Å². The highest BCUT2D eigenvalue weighted by Crippen LogP contribution is 2.26. The first-order valence-electron chi connectivity index (χ1n) is 10.6. The molecule has 7 nitrogen and oxygen atoms in total. The zero-order chi connectivity index (χ0) is 22.1. The van der Waals surface area contributed by atoms with Crippen molar-refractivity contribution >= 4 is 34.2 Å². The number of aromatic nitrogens is 4. The molecule has 4 aromatic rings. The third kappa shape index (κ3) is 3.91. The fourth-order valence-corrected chi connectivity index (χ4v) is 4.37. The number of benzene rings is 2. The number of aryl methyl sites for hydroxylation is 1. The van der Waals surface area contributed by atoms with E-state index in [-0.39, 0.29) is 12.5 Å². The van der Waals surface area contributed by atoms with Crippen molar-refractivity contribution in [2.45, 2.75) is 13.5 Å². The minimum absolute atomic E-state index is 0.0701. The number of nitrogens with zero attached hydrogens (tertiary/aromatic N) is 6. The fraction of sp³-hybridized carbons (Fsp3) is 0.250. The summed E-state index contributed by atoms with van der Waals surface area (Å²) in [5.41, 5.74) is 4.72. The van der Waals surface area contributed by atoms with E-state index in [2.05, 4.69) is 21.8 Å². The molecule has 1 aliphatic heterocycles. The highest BCUT2D eigenvalue weighted by atomic mass is 35.5. The molecule has 1 fully saturated rings. The Balaban J connectivity index is 1.35. The number of imidazole rings is 1. The number of rotatable bonds is 4. The average Bonchev–Trinajstić information content (AvgIpc) is 3.20. The van der Waals surface area contributed by atoms with Crippen molar-refractivity contribution in [1.82, 2.24) is 24.4 Å². The molecule has 0 N–H and O–H groups in total. The standard InChI is InChI=1S/C24H23ClN6O/c1-17-6-7-18(25)14-22(17)29-10-12-30(13-11-29)23(32)16-31-21-5-3-2-4-19(21)28-24(31)20-15-26-8-9-27-20/h2-9,14-15H,10-13,16H2,1H3. The number of fused-ring (bicyclic) bond motifs is 1. The van der Waals surface area contributed by atoms with E-state index in [9.17, 15) is 4.79 Å². The summed E-state index contributed by atoms with van der Waals surface area (Å²) < 4.78 is 1.94. The molecule has 0 aliphatic carbocycles. The molecule has 2 aromatic carbocycles. The monoisotopic (exact) mass is 446 g/mol. The lowest BCUT2D eigenvalue weighted by molar-refractivity contribution is -0.132. The number of amides is 1. The normalized spacial score (nSPS) is 14.2. The lowest BCUT2D eigenvalue weighted by Crippen LogP contribution is -2.49. The van der Waals surface area contributed by atoms with Crippen LogP contribution in [0.15, 0.2) is 61.1 Å². The molecule has 0 radical (unpaired) electrons. The predicted octanol–water partition coefficient (Wildman–Crippen LogP) is 3.80. The fourth-order valence-electron chi connectivity index (χ4n) is 4.20. The SMILES string of the molecule is Cc1ccc(Cl)cc1N1CCN(C(=O)Cn2c(-c3cnccn3)nc3ccccc32)CC1. The molecule has 1 saturated heterocycles. The lowest BCUT2D eigenvalue weighted by atomic mass is 10.1. The summed E-state index contributed by atoms with van der Waals surface area (Å²) in [6.07, 6.45) is 4.94. The van der Waals surface area contributed by atoms with Gasteiger partial charge in [0.1, 0.15) is 12.2 Å². The number of carbonyl (C=O) groups is 1. The van der Waals surface area contributed by atoms with E-state index < -0.39 is 0 Å². The van der Waals surface area contributed by atoms with Gasteiger partial charge in [0.25, 0.3) is 0 Å². The van der Waals surface area contributed by atoms with E-state index in [1.54, 1.807) is 18.6 Å². The zero-order valence-corrected chi connectivity index (χ0v) is 18.5. The van der Waals surface area contributed by atoms with Crippen LogP contribution in [0.3, 0.4) is 0 Å². The second-order valence-corrected chi connectivity index (χ2v) is 8.34. The number of hydrogen-bond donors (Lipinski definition) is 0. The molecule has 0 spiro atoms. The van der Waals surface area contributed by atoms with Crippen molar-refractivity contribution in [1.29, 1.82) is 0 Å². The van der Waals surface area contributed by atoms with Crippen molar-refractivity contribution in [3.8, 4) is 11.5 Å². The Labute approximate surface area is 191 Å². The van der Waals surface area contributed by atoms with Gasteiger partial charge in [0.2, 0.25) is 5.91 Å². The van der Waals surface area contributed by atoms with Crippen LogP contribution in [-0.4, -0.2) is 56.5 Å². The van der Waals surface area contributed by atoms with Crippen molar-refractivity contribution in [3.63, 3.8) is 0 Å². The first-order valence-corrected chi connectivity index (χ1v) is 11.0. The number of hydrogen-bond acceptors (Lipinski definition) is 5. The van der Waals surface area contributed by atoms with E-state index in [4.69, 9.17) is 16.6 Å². The Kier molecular flexibility index (Phi) is 5.49. The van der Waals surface area contributed by atoms with E-state index in [0.717, 1.165) is 34.8 Å². The summed E-state index contributed by atoms with van der Waals surface area (Å²) >= 11 is 6.20. The van der Waals surface area contributed by atoms with Crippen molar-refractivity contribution in [2.24, 2.45) is 0 Å². The van der Waals surface area contributed by atoms with Crippen LogP contribution in [0.25, 0.3) is 22.6 Å². The van der Waals surface area contributed by atoms with Crippen LogP contribution in [0.1, 0.15) is 5.56 Å². The van der Waals surface area contributed by atoms with Gasteiger partial charge in [-0.3, -0.25) is 9.78 Å². The summed E-state index contributed by atoms with van der Waals surface area (Å²) in [6, 6.07) is 13.8. The number of carbonyl (C=O) groups excluding carboxylic acids is 1. The Bertz CT molecular complexity index is 1260. The van der Waals surface area contributed by atoms with Crippen LogP contribution in [0.5, 0.6) is 0 Å². The molecule has 162 valence electrons. The molecule has 2 aromatic heterocycles. The lowest BCUT2D eigenvalue weighted by Gasteiger charge is -2.37. The van der Waals surface area contributed by atoms with Gasteiger partial charge in [0.15, 0.2) is 5.82 Å². The maximum atomic E-state index is 13.3. The third-order valence-corrected chi connectivity index (χ3v) is 6.12. The van der Waals surface area contributed by atoms with Gasteiger partial charge in [0.05, 0.1) is 17.2 Å². The van der Waals surface area contributed by atoms with E-state index in [1.165, 1.54) is 5.56 Å². The Hall–Kier alpha value is -3.45. The molecule has 5 rings (SSSR count). The van der Waals surface area contributed by atoms with Gasteiger partial charge in [-0.25, -0.2) is 9.97 Å². The van der Waals surface area contributed by atoms with Gasteiger partial charge in [-0.2, -0.15) is 0 Å². The largest absolute Gasteiger partial charge is 0.368 e. The molecule has 0 bridgehead atoms. The molecule has 32 heavy (non-hydrogen) atoms. The minimum atomic E-state index is 0.0701. The number of anilines is 1. The molecule has 0 saturated carbocycles. The quantitative estimate of drug-likeness (QED) is 0.477. The van der Waals surface area contributed by atoms with Crippen LogP contribution in [0.2, 0.25) is 5.02 Å². The van der Waals surface area contributed by atoms with Crippen molar-refractivity contribution in [2.75, 3.05) is 31.1 Å². The summed E-state index contributed by atoms with van der Waals surface area (Å²) in [4.78, 5) is 30.8. The molecule has 1 aliphatic rings.